The van der Waals surface area contributed by atoms with Crippen LogP contribution in [0.4, 0.5) is 0 Å². The lowest BCUT2D eigenvalue weighted by molar-refractivity contribution is -0.121. The van der Waals surface area contributed by atoms with Crippen LogP contribution in [0.3, 0.4) is 0 Å². The number of hydrazone groups is 1. The van der Waals surface area contributed by atoms with E-state index in [1.54, 1.807) is 18.2 Å². The van der Waals surface area contributed by atoms with Crippen LogP contribution in [0.15, 0.2) is 27.8 Å². The van der Waals surface area contributed by atoms with Crippen molar-refractivity contribution in [3.8, 4) is 5.75 Å². The van der Waals surface area contributed by atoms with E-state index < -0.39 is 0 Å². The Balaban J connectivity index is 1.94. The predicted molar refractivity (Wildman–Crippen MR) is 122 cm³/mol. The van der Waals surface area contributed by atoms with Crippen LogP contribution in [-0.2, 0) is 4.79 Å². The largest absolute Gasteiger partial charge is 0.507 e. The third-order valence-corrected chi connectivity index (χ3v) is 5.38. The first-order chi connectivity index (χ1) is 13.6. The first-order valence-corrected chi connectivity index (χ1v) is 11.7. The molecule has 2 N–H and O–H groups in total. The Labute approximate surface area is 179 Å². The molecular weight excluding hydrogens is 416 g/mol. The van der Waals surface area contributed by atoms with E-state index in [4.69, 9.17) is 0 Å². The average Bonchev–Trinajstić information content (AvgIpc) is 2.68. The van der Waals surface area contributed by atoms with Crippen LogP contribution in [-0.4, -0.2) is 17.2 Å². The molecule has 5 heteroatoms. The van der Waals surface area contributed by atoms with Crippen molar-refractivity contribution in [2.24, 2.45) is 5.10 Å². The molecule has 0 aliphatic carbocycles. The summed E-state index contributed by atoms with van der Waals surface area (Å²) in [4.78, 5) is 11.8. The number of halogens is 1. The van der Waals surface area contributed by atoms with Crippen molar-refractivity contribution in [2.45, 2.75) is 96.8 Å². The fourth-order valence-electron chi connectivity index (χ4n) is 3.16. The predicted octanol–water partition coefficient (Wildman–Crippen LogP) is 7.09. The van der Waals surface area contributed by atoms with E-state index in [9.17, 15) is 9.90 Å². The number of unbranched alkanes of at least 4 members (excludes halogenated alkanes) is 12. The van der Waals surface area contributed by atoms with Crippen molar-refractivity contribution in [3.63, 3.8) is 0 Å². The summed E-state index contributed by atoms with van der Waals surface area (Å²) in [5, 5.41) is 13.6. The van der Waals surface area contributed by atoms with Gasteiger partial charge >= 0.3 is 0 Å². The van der Waals surface area contributed by atoms with E-state index in [0.717, 1.165) is 17.3 Å². The monoisotopic (exact) mass is 452 g/mol. The molecule has 0 atom stereocenters. The van der Waals surface area contributed by atoms with Gasteiger partial charge in [-0.15, -0.1) is 0 Å². The molecule has 0 aliphatic heterocycles. The summed E-state index contributed by atoms with van der Waals surface area (Å²) in [5.74, 6) is 0.0616. The summed E-state index contributed by atoms with van der Waals surface area (Å²) >= 11 is 3.34. The fourth-order valence-corrected chi connectivity index (χ4v) is 3.54. The van der Waals surface area contributed by atoms with Gasteiger partial charge < -0.3 is 5.11 Å². The topological polar surface area (TPSA) is 61.7 Å². The number of hydrogen-bond acceptors (Lipinski definition) is 3. The van der Waals surface area contributed by atoms with Gasteiger partial charge in [0, 0.05) is 16.5 Å². The van der Waals surface area contributed by atoms with E-state index >= 15 is 0 Å². The van der Waals surface area contributed by atoms with Gasteiger partial charge in [0.15, 0.2) is 0 Å². The lowest BCUT2D eigenvalue weighted by Crippen LogP contribution is -2.16. The van der Waals surface area contributed by atoms with Crippen LogP contribution in [0.25, 0.3) is 0 Å². The Kier molecular flexibility index (Phi) is 14.6. The van der Waals surface area contributed by atoms with Gasteiger partial charge in [0.1, 0.15) is 5.75 Å². The molecule has 0 aliphatic rings. The summed E-state index contributed by atoms with van der Waals surface area (Å²) < 4.78 is 0.852. The molecule has 0 aromatic heterocycles. The molecule has 0 saturated carbocycles. The van der Waals surface area contributed by atoms with Crippen molar-refractivity contribution >= 4 is 28.1 Å². The molecule has 0 spiro atoms. The van der Waals surface area contributed by atoms with Crippen LogP contribution in [0.2, 0.25) is 0 Å². The van der Waals surface area contributed by atoms with Gasteiger partial charge in [-0.1, -0.05) is 99.9 Å². The fraction of sp³-hybridized carbons (Fsp3) is 0.652. The van der Waals surface area contributed by atoms with Gasteiger partial charge in [-0.25, -0.2) is 5.43 Å². The molecule has 4 nitrogen and oxygen atoms in total. The van der Waals surface area contributed by atoms with Crippen molar-refractivity contribution in [2.75, 3.05) is 0 Å². The maximum Gasteiger partial charge on any atom is 0.240 e. The molecule has 1 aromatic carbocycles. The zero-order chi connectivity index (χ0) is 20.5. The molecule has 0 bridgehead atoms. The molecular formula is C23H37BrN2O2. The van der Waals surface area contributed by atoms with Gasteiger partial charge in [-0.3, -0.25) is 4.79 Å². The number of amides is 1. The zero-order valence-corrected chi connectivity index (χ0v) is 19.0. The number of phenolic OH excluding ortho intramolecular Hbond substituents is 1. The first kappa shape index (κ1) is 24.7. The molecule has 28 heavy (non-hydrogen) atoms. The van der Waals surface area contributed by atoms with Gasteiger partial charge in [0.2, 0.25) is 5.91 Å². The number of carbonyl (C=O) groups excluding carboxylic acids is 1. The number of nitrogens with one attached hydrogen (secondary N) is 1. The standard InChI is InChI=1S/C23H37BrN2O2/c1-2-3-4-5-6-7-8-9-10-11-12-13-14-15-23(28)26-25-19-20-18-21(24)16-17-22(20)27/h16-19,27H,2-15H2,1H3,(H,26,28)/b25-19+. The maximum atomic E-state index is 11.8. The third-order valence-electron chi connectivity index (χ3n) is 4.89. The lowest BCUT2D eigenvalue weighted by atomic mass is 10.0. The zero-order valence-electron chi connectivity index (χ0n) is 17.4. The molecule has 0 unspecified atom stereocenters. The van der Waals surface area contributed by atoms with Gasteiger partial charge in [-0.2, -0.15) is 5.10 Å². The molecule has 0 heterocycles. The number of phenols is 1. The highest BCUT2D eigenvalue weighted by atomic mass is 79.9. The Morgan fingerprint density at radius 2 is 1.50 bits per heavy atom. The minimum atomic E-state index is -0.0752. The molecule has 0 fully saturated rings. The van der Waals surface area contributed by atoms with E-state index in [-0.39, 0.29) is 11.7 Å². The Bertz CT molecular complexity index is 576. The summed E-state index contributed by atoms with van der Waals surface area (Å²) in [6.07, 6.45) is 18.8. The Morgan fingerprint density at radius 3 is 2.07 bits per heavy atom. The van der Waals surface area contributed by atoms with Crippen molar-refractivity contribution < 1.29 is 9.90 Å². The second kappa shape index (κ2) is 16.6. The molecule has 1 aromatic rings. The number of nitrogens with zero attached hydrogens (tertiary/aromatic N) is 1. The van der Waals surface area contributed by atoms with Gasteiger partial charge in [-0.05, 0) is 24.6 Å². The number of carbonyl (C=O) groups is 1. The lowest BCUT2D eigenvalue weighted by Gasteiger charge is -2.03. The van der Waals surface area contributed by atoms with Crippen LogP contribution < -0.4 is 5.43 Å². The number of benzene rings is 1. The number of aromatic hydroxyl groups is 1. The summed E-state index contributed by atoms with van der Waals surface area (Å²) in [6.45, 7) is 2.26. The van der Waals surface area contributed by atoms with E-state index in [2.05, 4.69) is 33.4 Å². The molecule has 1 rings (SSSR count). The summed E-state index contributed by atoms with van der Waals surface area (Å²) in [7, 11) is 0. The highest BCUT2D eigenvalue weighted by molar-refractivity contribution is 9.10. The second-order valence-electron chi connectivity index (χ2n) is 7.49. The summed E-state index contributed by atoms with van der Waals surface area (Å²) in [5.41, 5.74) is 3.09. The van der Waals surface area contributed by atoms with Gasteiger partial charge in [0.25, 0.3) is 0 Å². The highest BCUT2D eigenvalue weighted by Crippen LogP contribution is 2.20. The maximum absolute atomic E-state index is 11.8. The van der Waals surface area contributed by atoms with E-state index in [1.807, 2.05) is 0 Å². The smallest absolute Gasteiger partial charge is 0.240 e. The van der Waals surface area contributed by atoms with Crippen LogP contribution >= 0.6 is 15.9 Å². The number of hydrogen-bond donors (Lipinski definition) is 2. The Hall–Kier alpha value is -1.36. The third kappa shape index (κ3) is 12.9. The van der Waals surface area contributed by atoms with Crippen molar-refractivity contribution in [1.82, 2.24) is 5.43 Å². The first-order valence-electron chi connectivity index (χ1n) is 10.9. The normalized spacial score (nSPS) is 11.2. The van der Waals surface area contributed by atoms with Gasteiger partial charge in [0.05, 0.1) is 6.21 Å². The molecule has 158 valence electrons. The number of rotatable bonds is 16. The summed E-state index contributed by atoms with van der Waals surface area (Å²) in [6, 6.07) is 5.08. The van der Waals surface area contributed by atoms with Crippen molar-refractivity contribution in [1.29, 1.82) is 0 Å². The van der Waals surface area contributed by atoms with Crippen LogP contribution in [0.5, 0.6) is 5.75 Å². The van der Waals surface area contributed by atoms with Crippen molar-refractivity contribution in [3.05, 3.63) is 28.2 Å². The SMILES string of the molecule is CCCCCCCCCCCCCCCC(=O)N/N=C/c1cc(Br)ccc1O. The quantitative estimate of drug-likeness (QED) is 0.160. The molecule has 0 radical (unpaired) electrons. The Morgan fingerprint density at radius 1 is 0.964 bits per heavy atom. The highest BCUT2D eigenvalue weighted by Gasteiger charge is 2.01. The molecule has 1 amide bonds. The van der Waals surface area contributed by atoms with E-state index in [1.165, 1.54) is 76.8 Å². The van der Waals surface area contributed by atoms with Crippen LogP contribution in [0, 0.1) is 0 Å². The average molecular weight is 453 g/mol. The second-order valence-corrected chi connectivity index (χ2v) is 8.40. The minimum absolute atomic E-state index is 0.0752. The molecule has 0 saturated heterocycles. The minimum Gasteiger partial charge on any atom is -0.507 e. The van der Waals surface area contributed by atoms with E-state index in [0.29, 0.717) is 12.0 Å². The van der Waals surface area contributed by atoms with Crippen LogP contribution in [0.1, 0.15) is 102 Å².